The SMILES string of the molecule is Cc1ccccc1CN1CCCC(C(=O)N2CCCCC2)C1.O=C(O)C(=O)O. The average Bonchev–Trinajstić information content (AvgIpc) is 2.70. The maximum atomic E-state index is 12.7. The van der Waals surface area contributed by atoms with Crippen molar-refractivity contribution in [3.63, 3.8) is 0 Å². The van der Waals surface area contributed by atoms with Gasteiger partial charge < -0.3 is 15.1 Å². The quantitative estimate of drug-likeness (QED) is 0.769. The number of benzene rings is 1. The molecule has 1 atom stereocenters. The van der Waals surface area contributed by atoms with Crippen LogP contribution in [0.25, 0.3) is 0 Å². The molecule has 28 heavy (non-hydrogen) atoms. The lowest BCUT2D eigenvalue weighted by Crippen LogP contribution is -2.46. The van der Waals surface area contributed by atoms with E-state index >= 15 is 0 Å². The minimum absolute atomic E-state index is 0.218. The van der Waals surface area contributed by atoms with E-state index in [4.69, 9.17) is 19.8 Å². The van der Waals surface area contributed by atoms with Crippen molar-refractivity contribution in [2.75, 3.05) is 26.2 Å². The maximum Gasteiger partial charge on any atom is 0.414 e. The van der Waals surface area contributed by atoms with Crippen LogP contribution in [0, 0.1) is 12.8 Å². The first-order valence-electron chi connectivity index (χ1n) is 9.90. The van der Waals surface area contributed by atoms with Crippen LogP contribution in [0.4, 0.5) is 0 Å². The number of carboxylic acids is 2. The minimum atomic E-state index is -1.82. The van der Waals surface area contributed by atoms with Crippen molar-refractivity contribution in [2.24, 2.45) is 5.92 Å². The number of carbonyl (C=O) groups is 3. The highest BCUT2D eigenvalue weighted by Crippen LogP contribution is 2.23. The van der Waals surface area contributed by atoms with E-state index in [2.05, 4.69) is 41.0 Å². The molecule has 0 aromatic heterocycles. The summed E-state index contributed by atoms with van der Waals surface area (Å²) in [6.45, 7) is 7.17. The Kier molecular flexibility index (Phi) is 8.44. The summed E-state index contributed by atoms with van der Waals surface area (Å²) in [4.78, 5) is 35.5. The molecule has 1 aromatic carbocycles. The third-order valence-corrected chi connectivity index (χ3v) is 5.36. The van der Waals surface area contributed by atoms with Crippen LogP contribution in [0.3, 0.4) is 0 Å². The fourth-order valence-corrected chi connectivity index (χ4v) is 3.80. The van der Waals surface area contributed by atoms with E-state index in [0.717, 1.165) is 45.6 Å². The molecular weight excluding hydrogens is 360 g/mol. The molecule has 1 amide bonds. The van der Waals surface area contributed by atoms with Crippen LogP contribution in [0.15, 0.2) is 24.3 Å². The molecule has 0 saturated carbocycles. The van der Waals surface area contributed by atoms with E-state index in [9.17, 15) is 4.79 Å². The van der Waals surface area contributed by atoms with Gasteiger partial charge >= 0.3 is 11.9 Å². The Balaban J connectivity index is 0.000000409. The number of aryl methyl sites for hydroxylation is 1. The van der Waals surface area contributed by atoms with Gasteiger partial charge in [0.05, 0.1) is 5.92 Å². The highest BCUT2D eigenvalue weighted by Gasteiger charge is 2.29. The monoisotopic (exact) mass is 390 g/mol. The van der Waals surface area contributed by atoms with Crippen molar-refractivity contribution in [3.8, 4) is 0 Å². The van der Waals surface area contributed by atoms with Crippen molar-refractivity contribution in [1.82, 2.24) is 9.80 Å². The van der Waals surface area contributed by atoms with Crippen LogP contribution in [-0.4, -0.2) is 64.0 Å². The average molecular weight is 390 g/mol. The molecule has 0 radical (unpaired) electrons. The molecule has 1 unspecified atom stereocenters. The van der Waals surface area contributed by atoms with Crippen molar-refractivity contribution in [1.29, 1.82) is 0 Å². The summed E-state index contributed by atoms with van der Waals surface area (Å²) in [6, 6.07) is 8.60. The Morgan fingerprint density at radius 2 is 1.61 bits per heavy atom. The maximum absolute atomic E-state index is 12.7. The summed E-state index contributed by atoms with van der Waals surface area (Å²) in [5.74, 6) is -3.02. The Bertz CT molecular complexity index is 673. The Hall–Kier alpha value is -2.41. The summed E-state index contributed by atoms with van der Waals surface area (Å²) < 4.78 is 0. The van der Waals surface area contributed by atoms with Gasteiger partial charge in [-0.2, -0.15) is 0 Å². The summed E-state index contributed by atoms with van der Waals surface area (Å²) in [7, 11) is 0. The van der Waals surface area contributed by atoms with Crippen molar-refractivity contribution in [3.05, 3.63) is 35.4 Å². The third kappa shape index (κ3) is 6.64. The number of carbonyl (C=O) groups excluding carboxylic acids is 1. The molecule has 2 heterocycles. The summed E-state index contributed by atoms with van der Waals surface area (Å²) in [5.41, 5.74) is 2.75. The molecular formula is C21H30N2O5. The first-order valence-corrected chi connectivity index (χ1v) is 9.90. The van der Waals surface area contributed by atoms with Crippen molar-refractivity contribution >= 4 is 17.8 Å². The second-order valence-electron chi connectivity index (χ2n) is 7.50. The molecule has 2 aliphatic rings. The van der Waals surface area contributed by atoms with Crippen LogP contribution in [0.1, 0.15) is 43.2 Å². The van der Waals surface area contributed by atoms with Gasteiger partial charge in [-0.25, -0.2) is 9.59 Å². The van der Waals surface area contributed by atoms with Crippen LogP contribution in [-0.2, 0) is 20.9 Å². The summed E-state index contributed by atoms with van der Waals surface area (Å²) >= 11 is 0. The smallest absolute Gasteiger partial charge is 0.414 e. The van der Waals surface area contributed by atoms with Gasteiger partial charge in [-0.3, -0.25) is 9.69 Å². The molecule has 0 aliphatic carbocycles. The molecule has 154 valence electrons. The van der Waals surface area contributed by atoms with Gasteiger partial charge in [-0.1, -0.05) is 24.3 Å². The molecule has 2 aliphatic heterocycles. The van der Waals surface area contributed by atoms with Crippen LogP contribution >= 0.6 is 0 Å². The molecule has 3 rings (SSSR count). The van der Waals surface area contributed by atoms with E-state index in [-0.39, 0.29) is 5.92 Å². The number of amides is 1. The number of aliphatic carboxylic acids is 2. The van der Waals surface area contributed by atoms with E-state index < -0.39 is 11.9 Å². The predicted molar refractivity (Wildman–Crippen MR) is 105 cm³/mol. The fourth-order valence-electron chi connectivity index (χ4n) is 3.80. The Morgan fingerprint density at radius 1 is 0.964 bits per heavy atom. The van der Waals surface area contributed by atoms with E-state index in [0.29, 0.717) is 5.91 Å². The zero-order valence-electron chi connectivity index (χ0n) is 16.5. The number of hydrogen-bond acceptors (Lipinski definition) is 4. The standard InChI is InChI=1S/C19H28N2O.C2H2O4/c1-16-8-3-4-9-17(16)14-20-11-7-10-18(15-20)19(22)21-12-5-2-6-13-21;3-1(4)2(5)6/h3-4,8-9,18H,2,5-7,10-15H2,1H3;(H,3,4)(H,5,6). The molecule has 0 spiro atoms. The zero-order chi connectivity index (χ0) is 20.5. The first-order chi connectivity index (χ1) is 13.4. The molecule has 1 aromatic rings. The van der Waals surface area contributed by atoms with E-state index in [1.54, 1.807) is 0 Å². The van der Waals surface area contributed by atoms with Crippen LogP contribution < -0.4 is 0 Å². The highest BCUT2D eigenvalue weighted by atomic mass is 16.4. The van der Waals surface area contributed by atoms with Gasteiger partial charge in [-0.05, 0) is 56.7 Å². The largest absolute Gasteiger partial charge is 0.473 e. The van der Waals surface area contributed by atoms with Crippen molar-refractivity contribution < 1.29 is 24.6 Å². The van der Waals surface area contributed by atoms with Crippen molar-refractivity contribution in [2.45, 2.75) is 45.6 Å². The lowest BCUT2D eigenvalue weighted by molar-refractivity contribution is -0.159. The molecule has 7 nitrogen and oxygen atoms in total. The van der Waals surface area contributed by atoms with Gasteiger partial charge in [0.2, 0.25) is 5.91 Å². The van der Waals surface area contributed by atoms with Gasteiger partial charge in [0, 0.05) is 26.2 Å². The molecule has 2 N–H and O–H groups in total. The molecule has 2 fully saturated rings. The fraction of sp³-hybridized carbons (Fsp3) is 0.571. The van der Waals surface area contributed by atoms with Gasteiger partial charge in [0.25, 0.3) is 0 Å². The molecule has 2 saturated heterocycles. The molecule has 7 heteroatoms. The third-order valence-electron chi connectivity index (χ3n) is 5.36. The molecule has 0 bridgehead atoms. The van der Waals surface area contributed by atoms with Crippen LogP contribution in [0.5, 0.6) is 0 Å². The van der Waals surface area contributed by atoms with Gasteiger partial charge in [0.15, 0.2) is 0 Å². The first kappa shape index (κ1) is 21.9. The highest BCUT2D eigenvalue weighted by molar-refractivity contribution is 6.27. The predicted octanol–water partition coefficient (Wildman–Crippen LogP) is 2.38. The number of carboxylic acid groups (broad SMARTS) is 2. The Morgan fingerprint density at radius 3 is 2.21 bits per heavy atom. The number of nitrogens with zero attached hydrogens (tertiary/aromatic N) is 2. The number of piperidine rings is 2. The second-order valence-corrected chi connectivity index (χ2v) is 7.50. The van der Waals surface area contributed by atoms with Gasteiger partial charge in [0.1, 0.15) is 0 Å². The van der Waals surface area contributed by atoms with E-state index in [1.807, 2.05) is 0 Å². The zero-order valence-corrected chi connectivity index (χ0v) is 16.5. The minimum Gasteiger partial charge on any atom is -0.473 e. The van der Waals surface area contributed by atoms with Crippen LogP contribution in [0.2, 0.25) is 0 Å². The number of likely N-dealkylation sites (tertiary alicyclic amines) is 2. The number of rotatable bonds is 3. The number of hydrogen-bond donors (Lipinski definition) is 2. The Labute approximate surface area is 165 Å². The lowest BCUT2D eigenvalue weighted by atomic mass is 9.95. The summed E-state index contributed by atoms with van der Waals surface area (Å²) in [5, 5.41) is 14.8. The van der Waals surface area contributed by atoms with Gasteiger partial charge in [-0.15, -0.1) is 0 Å². The topological polar surface area (TPSA) is 98.2 Å². The second kappa shape index (κ2) is 10.8. The normalized spacial score (nSPS) is 20.0. The van der Waals surface area contributed by atoms with E-state index in [1.165, 1.54) is 30.4 Å². The summed E-state index contributed by atoms with van der Waals surface area (Å²) in [6.07, 6.45) is 5.88. The lowest BCUT2D eigenvalue weighted by Gasteiger charge is -2.36.